The second-order valence-corrected chi connectivity index (χ2v) is 7.16. The van der Waals surface area contributed by atoms with E-state index in [4.69, 9.17) is 19.3 Å². The molecule has 0 saturated carbocycles. The number of carboxylic acids is 2. The van der Waals surface area contributed by atoms with E-state index in [0.29, 0.717) is 18.2 Å². The maximum absolute atomic E-state index is 12.2. The molecule has 0 aliphatic heterocycles. The van der Waals surface area contributed by atoms with E-state index in [-0.39, 0.29) is 19.8 Å². The van der Waals surface area contributed by atoms with Gasteiger partial charge in [-0.3, -0.25) is 4.79 Å². The van der Waals surface area contributed by atoms with E-state index in [1.54, 1.807) is 13.8 Å². The number of hydrogen-bond donors (Lipinski definition) is 1. The predicted molar refractivity (Wildman–Crippen MR) is 91.4 cm³/mol. The zero-order chi connectivity index (χ0) is 22.0. The highest BCUT2D eigenvalue weighted by molar-refractivity contribution is 5.91. The van der Waals surface area contributed by atoms with Gasteiger partial charge < -0.3 is 29.2 Å². The van der Waals surface area contributed by atoms with Gasteiger partial charge in [-0.2, -0.15) is 0 Å². The molecule has 1 N–H and O–H groups in total. The van der Waals surface area contributed by atoms with Crippen LogP contribution in [0.15, 0.2) is 24.3 Å². The average molecular weight is 399 g/mol. The molecule has 0 rings (SSSR count). The monoisotopic (exact) mass is 399 g/mol. The van der Waals surface area contributed by atoms with E-state index in [9.17, 15) is 29.1 Å². The maximum atomic E-state index is 12.2. The van der Waals surface area contributed by atoms with Gasteiger partial charge >= 0.3 is 23.9 Å². The average Bonchev–Trinajstić information content (AvgIpc) is 2.59. The Morgan fingerprint density at radius 3 is 1.75 bits per heavy atom. The van der Waals surface area contributed by atoms with Crippen LogP contribution in [0.4, 0.5) is 0 Å². The lowest BCUT2D eigenvalue weighted by Gasteiger charge is -2.27. The molecule has 0 aliphatic carbocycles. The van der Waals surface area contributed by atoms with Crippen molar-refractivity contribution in [3.8, 4) is 0 Å². The molecule has 0 amide bonds. The van der Waals surface area contributed by atoms with Crippen molar-refractivity contribution in [2.45, 2.75) is 27.7 Å². The van der Waals surface area contributed by atoms with Gasteiger partial charge in [0.2, 0.25) is 0 Å². The Bertz CT molecular complexity index is 670. The first-order valence-corrected chi connectivity index (χ1v) is 8.06. The van der Waals surface area contributed by atoms with Crippen LogP contribution < -0.4 is 5.11 Å². The van der Waals surface area contributed by atoms with Gasteiger partial charge in [-0.1, -0.05) is 13.8 Å². The minimum absolute atomic E-state index is 0.125. The summed E-state index contributed by atoms with van der Waals surface area (Å²) in [5, 5.41) is 18.6. The van der Waals surface area contributed by atoms with Gasteiger partial charge in [-0.25, -0.2) is 14.4 Å². The maximum Gasteiger partial charge on any atom is 0.331 e. The largest absolute Gasteiger partial charge is 0.545 e. The van der Waals surface area contributed by atoms with Crippen molar-refractivity contribution in [1.29, 1.82) is 0 Å². The van der Waals surface area contributed by atoms with E-state index < -0.39 is 40.7 Å². The Morgan fingerprint density at radius 1 is 0.786 bits per heavy atom. The van der Waals surface area contributed by atoms with Crippen LogP contribution in [0.3, 0.4) is 0 Å². The quantitative estimate of drug-likeness (QED) is 0.276. The fraction of sp³-hybridized carbons (Fsp3) is 0.500. The molecule has 0 aliphatic rings. The van der Waals surface area contributed by atoms with E-state index in [0.717, 1.165) is 6.08 Å². The fourth-order valence-electron chi connectivity index (χ4n) is 1.45. The third kappa shape index (κ3) is 11.4. The van der Waals surface area contributed by atoms with Gasteiger partial charge in [0.05, 0.1) is 24.6 Å². The highest BCUT2D eigenvalue weighted by atomic mass is 16.6. The SMILES string of the molecule is CC(C)(COC(=O)/C=C\C(=O)[O-])COC(=O)C(C)(C)COC(=O)C=CC(=O)O. The lowest BCUT2D eigenvalue weighted by atomic mass is 9.93. The Morgan fingerprint density at radius 2 is 1.25 bits per heavy atom. The van der Waals surface area contributed by atoms with Gasteiger partial charge in [-0.05, 0) is 19.9 Å². The van der Waals surface area contributed by atoms with Crippen molar-refractivity contribution in [2.75, 3.05) is 19.8 Å². The van der Waals surface area contributed by atoms with Crippen molar-refractivity contribution < 1.29 is 48.4 Å². The topological polar surface area (TPSA) is 156 Å². The van der Waals surface area contributed by atoms with Gasteiger partial charge in [0.1, 0.15) is 6.61 Å². The van der Waals surface area contributed by atoms with Gasteiger partial charge in [-0.15, -0.1) is 0 Å². The number of ether oxygens (including phenoxy) is 3. The van der Waals surface area contributed by atoms with Crippen LogP contribution in [0.5, 0.6) is 0 Å². The van der Waals surface area contributed by atoms with Crippen molar-refractivity contribution in [3.05, 3.63) is 24.3 Å². The van der Waals surface area contributed by atoms with Gasteiger partial charge in [0.25, 0.3) is 0 Å². The summed E-state index contributed by atoms with van der Waals surface area (Å²) in [6, 6.07) is 0. The molecule has 0 bridgehead atoms. The first-order valence-electron chi connectivity index (χ1n) is 8.06. The minimum Gasteiger partial charge on any atom is -0.545 e. The minimum atomic E-state index is -1.54. The summed E-state index contributed by atoms with van der Waals surface area (Å²) >= 11 is 0. The van der Waals surface area contributed by atoms with Crippen LogP contribution in [0.2, 0.25) is 0 Å². The predicted octanol–water partition coefficient (Wildman–Crippen LogP) is -0.385. The molecule has 0 aromatic heterocycles. The summed E-state index contributed by atoms with van der Waals surface area (Å²) in [5.41, 5.74) is -1.96. The molecular formula is C18H23O10-. The fourth-order valence-corrected chi connectivity index (χ4v) is 1.45. The number of esters is 3. The van der Waals surface area contributed by atoms with Crippen molar-refractivity contribution in [3.63, 3.8) is 0 Å². The molecule has 0 atom stereocenters. The number of aliphatic carboxylic acids is 2. The zero-order valence-electron chi connectivity index (χ0n) is 16.1. The molecule has 0 saturated heterocycles. The lowest BCUT2D eigenvalue weighted by Crippen LogP contribution is -2.36. The molecule has 10 nitrogen and oxygen atoms in total. The van der Waals surface area contributed by atoms with Crippen LogP contribution in [0.1, 0.15) is 27.7 Å². The number of carbonyl (C=O) groups is 5. The molecule has 0 spiro atoms. The molecule has 0 aromatic rings. The summed E-state index contributed by atoms with van der Waals surface area (Å²) in [6.45, 7) is 5.64. The number of rotatable bonds is 11. The van der Waals surface area contributed by atoms with Crippen molar-refractivity contribution >= 4 is 29.8 Å². The highest BCUT2D eigenvalue weighted by Gasteiger charge is 2.33. The second-order valence-electron chi connectivity index (χ2n) is 7.16. The van der Waals surface area contributed by atoms with E-state index >= 15 is 0 Å². The van der Waals surface area contributed by atoms with Crippen LogP contribution in [0, 0.1) is 10.8 Å². The Balaban J connectivity index is 4.50. The molecule has 0 aromatic carbocycles. The lowest BCUT2D eigenvalue weighted by molar-refractivity contribution is -0.297. The highest BCUT2D eigenvalue weighted by Crippen LogP contribution is 2.22. The van der Waals surface area contributed by atoms with Crippen LogP contribution in [0.25, 0.3) is 0 Å². The summed E-state index contributed by atoms with van der Waals surface area (Å²) in [5.74, 6) is -5.33. The molecule has 156 valence electrons. The first-order chi connectivity index (χ1) is 12.7. The normalized spacial score (nSPS) is 12.0. The number of carboxylic acid groups (broad SMARTS) is 2. The molecular weight excluding hydrogens is 376 g/mol. The van der Waals surface area contributed by atoms with E-state index in [1.165, 1.54) is 13.8 Å². The van der Waals surface area contributed by atoms with Crippen LogP contribution in [-0.2, 0) is 38.2 Å². The summed E-state index contributed by atoms with van der Waals surface area (Å²) in [4.78, 5) is 55.4. The number of hydrogen-bond acceptors (Lipinski definition) is 9. The Labute approximate surface area is 161 Å². The van der Waals surface area contributed by atoms with Crippen LogP contribution in [-0.4, -0.2) is 54.8 Å². The smallest absolute Gasteiger partial charge is 0.331 e. The number of carbonyl (C=O) groups excluding carboxylic acids is 4. The zero-order valence-corrected chi connectivity index (χ0v) is 16.1. The molecule has 0 unspecified atom stereocenters. The molecule has 0 heterocycles. The van der Waals surface area contributed by atoms with E-state index in [2.05, 4.69) is 0 Å². The molecule has 0 fully saturated rings. The van der Waals surface area contributed by atoms with Gasteiger partial charge in [0.15, 0.2) is 0 Å². The summed E-state index contributed by atoms with van der Waals surface area (Å²) in [7, 11) is 0. The first kappa shape index (κ1) is 24.8. The van der Waals surface area contributed by atoms with Crippen LogP contribution >= 0.6 is 0 Å². The van der Waals surface area contributed by atoms with E-state index in [1.807, 2.05) is 0 Å². The van der Waals surface area contributed by atoms with Gasteiger partial charge in [0, 0.05) is 23.6 Å². The van der Waals surface area contributed by atoms with Crippen molar-refractivity contribution in [2.24, 2.45) is 10.8 Å². The summed E-state index contributed by atoms with van der Waals surface area (Å²) < 4.78 is 14.9. The van der Waals surface area contributed by atoms with Crippen molar-refractivity contribution in [1.82, 2.24) is 0 Å². The second kappa shape index (κ2) is 10.9. The third-order valence-electron chi connectivity index (χ3n) is 3.04. The molecule has 10 heteroatoms. The Hall–Kier alpha value is -3.17. The Kier molecular flexibility index (Phi) is 9.62. The summed E-state index contributed by atoms with van der Waals surface area (Å²) in [6.07, 6.45) is 2.56. The molecule has 0 radical (unpaired) electrons. The standard InChI is InChI=1S/C18H24O10/c1-17(2,9-26-14(23)7-5-12(19)20)10-28-16(25)18(3,4)11-27-15(24)8-6-13(21)22/h5-8H,9-11H2,1-4H3,(H,19,20)(H,21,22)/p-1/b7-5-,8-6?. The third-order valence-corrected chi connectivity index (χ3v) is 3.04. The molecule has 28 heavy (non-hydrogen) atoms.